The molecule has 0 aliphatic carbocycles. The van der Waals surface area contributed by atoms with Gasteiger partial charge < -0.3 is 57.2 Å². The lowest BCUT2D eigenvalue weighted by atomic mass is 9.97. The van der Waals surface area contributed by atoms with Crippen molar-refractivity contribution in [2.75, 3.05) is 20.3 Å². The molecule has 0 radical (unpaired) electrons. The Morgan fingerprint density at radius 1 is 0.778 bits per heavy atom. The summed E-state index contributed by atoms with van der Waals surface area (Å²) in [5, 5.41) is 11.8. The SMILES string of the molecule is COc1ccc(CO[C@@H]2[C@H](O[C@@H]3[C@H]4OC(C)(C)O[C@H]4O[C@@H]3[C@H]3COC(C)(C)O3)O[C@@H]3CO[C@@H](c4ccccc4)O[C@H]3[C@@H]2O)cc1. The molecule has 0 aromatic heterocycles. The monoisotopic (exact) mass is 630 g/mol. The smallest absolute Gasteiger partial charge is 0.190 e. The Balaban J connectivity index is 1.14. The molecule has 5 fully saturated rings. The van der Waals surface area contributed by atoms with Gasteiger partial charge in [-0.15, -0.1) is 0 Å². The number of fused-ring (bicyclic) bond motifs is 2. The van der Waals surface area contributed by atoms with Crippen LogP contribution in [0, 0.1) is 0 Å². The summed E-state index contributed by atoms with van der Waals surface area (Å²) in [6.45, 7) is 8.02. The van der Waals surface area contributed by atoms with Crippen LogP contribution in [0.5, 0.6) is 5.75 Å². The van der Waals surface area contributed by atoms with Gasteiger partial charge in [0, 0.05) is 5.56 Å². The van der Waals surface area contributed by atoms with Crippen LogP contribution in [-0.2, 0) is 54.0 Å². The molecule has 2 aromatic carbocycles. The summed E-state index contributed by atoms with van der Waals surface area (Å²) in [6, 6.07) is 17.1. The molecule has 246 valence electrons. The van der Waals surface area contributed by atoms with Gasteiger partial charge in [-0.3, -0.25) is 0 Å². The molecule has 7 rings (SSSR count). The third-order valence-corrected chi connectivity index (χ3v) is 8.70. The van der Waals surface area contributed by atoms with Crippen LogP contribution in [0.4, 0.5) is 0 Å². The first-order valence-corrected chi connectivity index (χ1v) is 15.5. The Kier molecular flexibility index (Phi) is 8.68. The maximum atomic E-state index is 11.8. The van der Waals surface area contributed by atoms with Crippen LogP contribution < -0.4 is 4.74 Å². The van der Waals surface area contributed by atoms with Gasteiger partial charge in [-0.2, -0.15) is 0 Å². The molecule has 5 saturated heterocycles. The van der Waals surface area contributed by atoms with E-state index >= 15 is 0 Å². The fourth-order valence-corrected chi connectivity index (χ4v) is 6.54. The molecule has 5 heterocycles. The number of hydrogen-bond donors (Lipinski definition) is 1. The van der Waals surface area contributed by atoms with Gasteiger partial charge in [0.25, 0.3) is 0 Å². The fraction of sp³-hybridized carbons (Fsp3) is 0.636. The van der Waals surface area contributed by atoms with E-state index in [1.165, 1.54) is 0 Å². The zero-order valence-corrected chi connectivity index (χ0v) is 26.1. The quantitative estimate of drug-likeness (QED) is 0.461. The van der Waals surface area contributed by atoms with Gasteiger partial charge >= 0.3 is 0 Å². The minimum absolute atomic E-state index is 0.183. The highest BCUT2D eigenvalue weighted by Crippen LogP contribution is 2.44. The van der Waals surface area contributed by atoms with Crippen molar-refractivity contribution < 1.29 is 57.2 Å². The summed E-state index contributed by atoms with van der Waals surface area (Å²) in [5.41, 5.74) is 1.73. The summed E-state index contributed by atoms with van der Waals surface area (Å²) in [7, 11) is 1.62. The number of benzene rings is 2. The second kappa shape index (κ2) is 12.4. The van der Waals surface area contributed by atoms with E-state index in [0.717, 1.165) is 16.9 Å². The molecular weight excluding hydrogens is 588 g/mol. The van der Waals surface area contributed by atoms with E-state index in [1.54, 1.807) is 7.11 Å². The first-order chi connectivity index (χ1) is 21.6. The number of aliphatic hydroxyl groups excluding tert-OH is 1. The average molecular weight is 631 g/mol. The number of methoxy groups -OCH3 is 1. The lowest BCUT2D eigenvalue weighted by Gasteiger charge is -2.48. The standard InChI is InChI=1S/C33H42O12/c1-32(2)38-17-22(43-32)25-27(28-31(41-25)45-33(3,4)44-28)42-30-26(36-15-18-11-13-20(35-5)14-12-18)23(34)24-21(39-30)16-37-29(40-24)19-9-7-6-8-10-19/h6-14,21-31,34H,15-17H2,1-5H3/t21-,22-,23+,24-,25-,26+,27+,28-,29-,30+,31-/m1/s1. The van der Waals surface area contributed by atoms with Crippen molar-refractivity contribution in [1.29, 1.82) is 0 Å². The van der Waals surface area contributed by atoms with Crippen LogP contribution >= 0.6 is 0 Å². The maximum absolute atomic E-state index is 11.8. The molecule has 2 aromatic rings. The lowest BCUT2D eigenvalue weighted by Crippen LogP contribution is -2.64. The van der Waals surface area contributed by atoms with Crippen LogP contribution in [0.2, 0.25) is 0 Å². The number of aliphatic hydroxyl groups is 1. The van der Waals surface area contributed by atoms with Gasteiger partial charge in [-0.25, -0.2) is 0 Å². The van der Waals surface area contributed by atoms with Crippen molar-refractivity contribution in [3.8, 4) is 5.75 Å². The zero-order chi connectivity index (χ0) is 31.3. The molecule has 45 heavy (non-hydrogen) atoms. The van der Waals surface area contributed by atoms with Crippen molar-refractivity contribution in [2.24, 2.45) is 0 Å². The number of ether oxygens (including phenoxy) is 11. The first-order valence-electron chi connectivity index (χ1n) is 15.5. The van der Waals surface area contributed by atoms with E-state index in [4.69, 9.17) is 52.1 Å². The molecule has 11 atom stereocenters. The lowest BCUT2D eigenvalue weighted by molar-refractivity contribution is -0.376. The van der Waals surface area contributed by atoms with E-state index < -0.39 is 79.3 Å². The minimum atomic E-state index is -1.11. The molecule has 0 saturated carbocycles. The molecule has 0 bridgehead atoms. The maximum Gasteiger partial charge on any atom is 0.190 e. The molecule has 5 aliphatic heterocycles. The van der Waals surface area contributed by atoms with Crippen LogP contribution in [0.25, 0.3) is 0 Å². The number of hydrogen-bond acceptors (Lipinski definition) is 12. The highest BCUT2D eigenvalue weighted by atomic mass is 16.9. The van der Waals surface area contributed by atoms with Crippen molar-refractivity contribution in [3.05, 3.63) is 65.7 Å². The summed E-state index contributed by atoms with van der Waals surface area (Å²) < 4.78 is 67.9. The highest BCUT2D eigenvalue weighted by molar-refractivity contribution is 5.26. The summed E-state index contributed by atoms with van der Waals surface area (Å²) in [4.78, 5) is 0. The van der Waals surface area contributed by atoms with Gasteiger partial charge in [0.2, 0.25) is 0 Å². The van der Waals surface area contributed by atoms with Gasteiger partial charge in [-0.1, -0.05) is 42.5 Å². The summed E-state index contributed by atoms with van der Waals surface area (Å²) in [6.07, 6.45) is -8.09. The molecule has 12 heteroatoms. The molecular formula is C33H42O12. The van der Waals surface area contributed by atoms with E-state index in [0.29, 0.717) is 6.61 Å². The van der Waals surface area contributed by atoms with Crippen molar-refractivity contribution in [1.82, 2.24) is 0 Å². The Hall–Kier alpha value is -2.20. The molecule has 0 unspecified atom stereocenters. The fourth-order valence-electron chi connectivity index (χ4n) is 6.54. The Bertz CT molecular complexity index is 1290. The molecule has 0 amide bonds. The van der Waals surface area contributed by atoms with Crippen LogP contribution in [-0.4, -0.2) is 98.4 Å². The molecule has 0 spiro atoms. The van der Waals surface area contributed by atoms with E-state index in [9.17, 15) is 5.11 Å². The summed E-state index contributed by atoms with van der Waals surface area (Å²) in [5.74, 6) is -0.928. The van der Waals surface area contributed by atoms with Gasteiger partial charge in [-0.05, 0) is 45.4 Å². The predicted octanol–water partition coefficient (Wildman–Crippen LogP) is 3.19. The zero-order valence-electron chi connectivity index (χ0n) is 26.1. The second-order valence-electron chi connectivity index (χ2n) is 12.9. The average Bonchev–Trinajstić information content (AvgIpc) is 3.66. The van der Waals surface area contributed by atoms with E-state index in [2.05, 4.69) is 0 Å². The van der Waals surface area contributed by atoms with Crippen LogP contribution in [0.3, 0.4) is 0 Å². The topological polar surface area (TPSA) is 122 Å². The molecule has 12 nitrogen and oxygen atoms in total. The normalized spacial score (nSPS) is 40.2. The third-order valence-electron chi connectivity index (χ3n) is 8.70. The third kappa shape index (κ3) is 6.52. The Morgan fingerprint density at radius 3 is 2.27 bits per heavy atom. The van der Waals surface area contributed by atoms with E-state index in [-0.39, 0.29) is 13.2 Å². The predicted molar refractivity (Wildman–Crippen MR) is 155 cm³/mol. The van der Waals surface area contributed by atoms with Gasteiger partial charge in [0.1, 0.15) is 54.6 Å². The van der Waals surface area contributed by atoms with Crippen molar-refractivity contribution in [2.45, 2.75) is 114 Å². The van der Waals surface area contributed by atoms with Crippen molar-refractivity contribution in [3.63, 3.8) is 0 Å². The second-order valence-corrected chi connectivity index (χ2v) is 12.9. The van der Waals surface area contributed by atoms with E-state index in [1.807, 2.05) is 82.3 Å². The first kappa shape index (κ1) is 31.4. The minimum Gasteiger partial charge on any atom is -0.497 e. The molecule has 1 N–H and O–H groups in total. The summed E-state index contributed by atoms with van der Waals surface area (Å²) >= 11 is 0. The van der Waals surface area contributed by atoms with Crippen molar-refractivity contribution >= 4 is 0 Å². The molecule has 5 aliphatic rings. The van der Waals surface area contributed by atoms with Gasteiger partial charge in [0.05, 0.1) is 26.9 Å². The van der Waals surface area contributed by atoms with Crippen LogP contribution in [0.15, 0.2) is 54.6 Å². The highest BCUT2D eigenvalue weighted by Gasteiger charge is 2.61. The number of rotatable bonds is 8. The van der Waals surface area contributed by atoms with Gasteiger partial charge in [0.15, 0.2) is 30.4 Å². The Labute approximate surface area is 262 Å². The Morgan fingerprint density at radius 2 is 1.56 bits per heavy atom. The largest absolute Gasteiger partial charge is 0.497 e. The van der Waals surface area contributed by atoms with Crippen LogP contribution in [0.1, 0.15) is 45.1 Å².